The van der Waals surface area contributed by atoms with Gasteiger partial charge in [-0.2, -0.15) is 0 Å². The Labute approximate surface area is 205 Å². The van der Waals surface area contributed by atoms with Crippen molar-refractivity contribution in [3.8, 4) is 0 Å². The van der Waals surface area contributed by atoms with Crippen LogP contribution in [0, 0.1) is 4.77 Å². The molecule has 3 aromatic heterocycles. The van der Waals surface area contributed by atoms with E-state index < -0.39 is 0 Å². The lowest BCUT2D eigenvalue weighted by molar-refractivity contribution is 0.0789. The highest BCUT2D eigenvalue weighted by atomic mass is 32.1. The van der Waals surface area contributed by atoms with Gasteiger partial charge in [0.1, 0.15) is 5.01 Å². The number of para-hydroxylation sites is 2. The van der Waals surface area contributed by atoms with Crippen molar-refractivity contribution >= 4 is 50.5 Å². The summed E-state index contributed by atoms with van der Waals surface area (Å²) >= 11 is 7.58. The summed E-state index contributed by atoms with van der Waals surface area (Å²) in [6.07, 6.45) is 0. The molecule has 174 valence electrons. The molecule has 0 aliphatic carbocycles. The second-order valence-corrected chi connectivity index (χ2v) is 10.2. The summed E-state index contributed by atoms with van der Waals surface area (Å²) in [5.74, 6) is 0.566. The Kier molecular flexibility index (Phi) is 5.33. The Hall–Kier alpha value is -2.92. The smallest absolute Gasteiger partial charge is 0.262 e. The van der Waals surface area contributed by atoms with Gasteiger partial charge in [-0.25, -0.2) is 9.67 Å². The van der Waals surface area contributed by atoms with Crippen molar-refractivity contribution in [3.63, 3.8) is 0 Å². The standard InChI is InChI=1S/C24H25N7OS2/c1-16(21-25-18-8-4-6-10-20(18)34-21)29-13-11-28(12-14-29)15-30-24(33)31-19-9-5-3-7-17(19)22(32)27(2)23(31)26-30/h3-10,16H,11-15H2,1-2H3. The number of fused-ring (bicyclic) bond motifs is 4. The van der Waals surface area contributed by atoms with Crippen LogP contribution in [0.4, 0.5) is 0 Å². The number of aryl methyl sites for hydroxylation is 1. The lowest BCUT2D eigenvalue weighted by Gasteiger charge is -2.37. The summed E-state index contributed by atoms with van der Waals surface area (Å²) in [7, 11) is 1.75. The molecular weight excluding hydrogens is 466 g/mol. The zero-order chi connectivity index (χ0) is 23.4. The van der Waals surface area contributed by atoms with Crippen LogP contribution in [0.15, 0.2) is 53.3 Å². The molecule has 1 aliphatic rings. The van der Waals surface area contributed by atoms with Crippen molar-refractivity contribution in [2.75, 3.05) is 26.2 Å². The highest BCUT2D eigenvalue weighted by Gasteiger charge is 2.25. The third kappa shape index (κ3) is 3.49. The first-order valence-electron chi connectivity index (χ1n) is 11.4. The van der Waals surface area contributed by atoms with Crippen LogP contribution in [-0.2, 0) is 13.7 Å². The fourth-order valence-corrected chi connectivity index (χ4v) is 6.08. The maximum atomic E-state index is 12.8. The van der Waals surface area contributed by atoms with Crippen molar-refractivity contribution in [1.29, 1.82) is 0 Å². The van der Waals surface area contributed by atoms with E-state index in [0.717, 1.165) is 37.2 Å². The van der Waals surface area contributed by atoms with Gasteiger partial charge in [0, 0.05) is 33.2 Å². The highest BCUT2D eigenvalue weighted by molar-refractivity contribution is 7.71. The first kappa shape index (κ1) is 21.6. The van der Waals surface area contributed by atoms with Crippen LogP contribution in [0.1, 0.15) is 18.0 Å². The van der Waals surface area contributed by atoms with Crippen molar-refractivity contribution in [3.05, 3.63) is 68.7 Å². The van der Waals surface area contributed by atoms with E-state index in [-0.39, 0.29) is 11.6 Å². The van der Waals surface area contributed by atoms with Crippen LogP contribution in [0.5, 0.6) is 0 Å². The van der Waals surface area contributed by atoms with Gasteiger partial charge >= 0.3 is 0 Å². The molecule has 34 heavy (non-hydrogen) atoms. The first-order valence-corrected chi connectivity index (χ1v) is 12.6. The van der Waals surface area contributed by atoms with E-state index in [1.807, 2.05) is 39.4 Å². The Bertz CT molecular complexity index is 1610. The number of nitrogens with zero attached hydrogens (tertiary/aromatic N) is 7. The molecule has 10 heteroatoms. The van der Waals surface area contributed by atoms with E-state index in [0.29, 0.717) is 22.6 Å². The van der Waals surface area contributed by atoms with Crippen LogP contribution >= 0.6 is 23.6 Å². The monoisotopic (exact) mass is 491 g/mol. The van der Waals surface area contributed by atoms with E-state index in [9.17, 15) is 4.79 Å². The van der Waals surface area contributed by atoms with Gasteiger partial charge in [-0.15, -0.1) is 16.4 Å². The third-order valence-electron chi connectivity index (χ3n) is 6.76. The summed E-state index contributed by atoms with van der Waals surface area (Å²) < 4.78 is 7.16. The zero-order valence-electron chi connectivity index (χ0n) is 19.1. The van der Waals surface area contributed by atoms with Gasteiger partial charge in [0.05, 0.1) is 33.8 Å². The lowest BCUT2D eigenvalue weighted by atomic mass is 10.2. The van der Waals surface area contributed by atoms with Gasteiger partial charge in [-0.05, 0) is 43.4 Å². The average molecular weight is 492 g/mol. The normalized spacial score (nSPS) is 16.6. The van der Waals surface area contributed by atoms with Crippen molar-refractivity contribution in [2.24, 2.45) is 7.05 Å². The zero-order valence-corrected chi connectivity index (χ0v) is 20.7. The minimum absolute atomic E-state index is 0.0623. The first-order chi connectivity index (χ1) is 16.5. The number of piperazine rings is 1. The molecule has 1 atom stereocenters. The highest BCUT2D eigenvalue weighted by Crippen LogP contribution is 2.30. The van der Waals surface area contributed by atoms with Crippen LogP contribution in [0.3, 0.4) is 0 Å². The van der Waals surface area contributed by atoms with Gasteiger partial charge < -0.3 is 0 Å². The Morgan fingerprint density at radius 3 is 2.59 bits per heavy atom. The topological polar surface area (TPSA) is 63.6 Å². The van der Waals surface area contributed by atoms with Crippen LogP contribution in [-0.4, -0.2) is 59.7 Å². The molecule has 0 N–H and O–H groups in total. The van der Waals surface area contributed by atoms with E-state index in [4.69, 9.17) is 22.3 Å². The number of aromatic nitrogens is 5. The van der Waals surface area contributed by atoms with Crippen LogP contribution in [0.25, 0.3) is 26.9 Å². The second-order valence-electron chi connectivity index (χ2n) is 8.79. The summed E-state index contributed by atoms with van der Waals surface area (Å²) in [6, 6.07) is 16.2. The number of benzene rings is 2. The Morgan fingerprint density at radius 1 is 1.06 bits per heavy atom. The Balaban J connectivity index is 1.21. The van der Waals surface area contributed by atoms with Crippen LogP contribution < -0.4 is 5.56 Å². The summed E-state index contributed by atoms with van der Waals surface area (Å²) in [5, 5.41) is 6.53. The molecule has 0 bridgehead atoms. The van der Waals surface area contributed by atoms with Gasteiger partial charge in [0.2, 0.25) is 10.5 Å². The predicted molar refractivity (Wildman–Crippen MR) is 138 cm³/mol. The molecule has 1 aliphatic heterocycles. The van der Waals surface area contributed by atoms with Crippen molar-refractivity contribution < 1.29 is 0 Å². The number of hydrogen-bond acceptors (Lipinski definition) is 7. The summed E-state index contributed by atoms with van der Waals surface area (Å²) in [5.41, 5.74) is 1.81. The molecule has 0 amide bonds. The molecule has 5 aromatic rings. The molecule has 1 saturated heterocycles. The molecular formula is C24H25N7OS2. The van der Waals surface area contributed by atoms with Gasteiger partial charge in [0.25, 0.3) is 5.56 Å². The van der Waals surface area contributed by atoms with E-state index >= 15 is 0 Å². The SMILES string of the molecule is CC(c1nc2ccccc2s1)N1CCN(Cn2nc3n(C)c(=O)c4ccccc4n3c2=S)CC1. The molecule has 4 heterocycles. The molecule has 0 saturated carbocycles. The lowest BCUT2D eigenvalue weighted by Crippen LogP contribution is -2.47. The molecule has 8 nitrogen and oxygen atoms in total. The van der Waals surface area contributed by atoms with Crippen molar-refractivity contribution in [2.45, 2.75) is 19.6 Å². The maximum absolute atomic E-state index is 12.8. The molecule has 0 radical (unpaired) electrons. The molecule has 6 rings (SSSR count). The van der Waals surface area contributed by atoms with E-state index in [1.54, 1.807) is 23.0 Å². The van der Waals surface area contributed by atoms with Gasteiger partial charge in [0.15, 0.2) is 0 Å². The van der Waals surface area contributed by atoms with Gasteiger partial charge in [-0.3, -0.25) is 23.6 Å². The number of hydrogen-bond donors (Lipinski definition) is 0. The summed E-state index contributed by atoms with van der Waals surface area (Å²) in [6.45, 7) is 6.61. The molecule has 1 unspecified atom stereocenters. The fourth-order valence-electron chi connectivity index (χ4n) is 4.74. The van der Waals surface area contributed by atoms with E-state index in [2.05, 4.69) is 34.9 Å². The summed E-state index contributed by atoms with van der Waals surface area (Å²) in [4.78, 5) is 22.5. The van der Waals surface area contributed by atoms with E-state index in [1.165, 1.54) is 9.71 Å². The quantitative estimate of drug-likeness (QED) is 0.358. The minimum Gasteiger partial charge on any atom is -0.292 e. The maximum Gasteiger partial charge on any atom is 0.262 e. The third-order valence-corrected chi connectivity index (χ3v) is 8.36. The van der Waals surface area contributed by atoms with Gasteiger partial charge in [-0.1, -0.05) is 24.3 Å². The Morgan fingerprint density at radius 2 is 1.79 bits per heavy atom. The van der Waals surface area contributed by atoms with Crippen LogP contribution in [0.2, 0.25) is 0 Å². The molecule has 1 fully saturated rings. The largest absolute Gasteiger partial charge is 0.292 e. The number of rotatable bonds is 4. The molecule has 2 aromatic carbocycles. The second kappa shape index (κ2) is 8.38. The molecule has 0 spiro atoms. The predicted octanol–water partition coefficient (Wildman–Crippen LogP) is 3.66. The fraction of sp³-hybridized carbons (Fsp3) is 0.333. The van der Waals surface area contributed by atoms with Crippen molar-refractivity contribution in [1.82, 2.24) is 33.5 Å². The average Bonchev–Trinajstić information content (AvgIpc) is 3.44. The minimum atomic E-state index is -0.0623. The number of thiazole rings is 1.